The number of rotatable bonds is 3. The van der Waals surface area contributed by atoms with Crippen LogP contribution < -0.4 is 11.1 Å². The smallest absolute Gasteiger partial charge is 0.223 e. The number of hydrogen-bond acceptors (Lipinski definition) is 5. The van der Waals surface area contributed by atoms with Crippen LogP contribution >= 0.6 is 0 Å². The Labute approximate surface area is 93.7 Å². The van der Waals surface area contributed by atoms with Gasteiger partial charge in [-0.3, -0.25) is 0 Å². The van der Waals surface area contributed by atoms with Crippen molar-refractivity contribution in [2.45, 2.75) is 20.4 Å². The second kappa shape index (κ2) is 4.22. The second-order valence-corrected chi connectivity index (χ2v) is 3.62. The predicted octanol–water partition coefficient (Wildman–Crippen LogP) is 1.88. The first kappa shape index (κ1) is 10.5. The van der Waals surface area contributed by atoms with Crippen LogP contribution in [0.5, 0.6) is 0 Å². The van der Waals surface area contributed by atoms with Crippen LogP contribution in [0.25, 0.3) is 0 Å². The Kier molecular flexibility index (Phi) is 2.76. The molecule has 0 atom stereocenters. The van der Waals surface area contributed by atoms with Gasteiger partial charge in [0.25, 0.3) is 0 Å². The molecular weight excluding hydrogens is 204 g/mol. The molecule has 2 aromatic rings. The standard InChI is InChI=1S/C11H14N4O/c1-7-4-3-5-9(11(7)12)13-6-10-14-8(2)16-15-10/h3-5,13H,6,12H2,1-2H3. The van der Waals surface area contributed by atoms with E-state index in [1.165, 1.54) is 0 Å². The number of hydrogen-bond donors (Lipinski definition) is 2. The molecule has 0 aliphatic carbocycles. The molecule has 0 amide bonds. The maximum atomic E-state index is 5.93. The first-order valence-electron chi connectivity index (χ1n) is 5.05. The second-order valence-electron chi connectivity index (χ2n) is 3.62. The summed E-state index contributed by atoms with van der Waals surface area (Å²) in [6.45, 7) is 4.24. The Morgan fingerprint density at radius 1 is 1.38 bits per heavy atom. The van der Waals surface area contributed by atoms with E-state index in [1.54, 1.807) is 6.92 Å². The van der Waals surface area contributed by atoms with Crippen molar-refractivity contribution < 1.29 is 4.52 Å². The fourth-order valence-corrected chi connectivity index (χ4v) is 1.42. The molecule has 16 heavy (non-hydrogen) atoms. The van der Waals surface area contributed by atoms with Gasteiger partial charge in [-0.2, -0.15) is 4.98 Å². The third-order valence-corrected chi connectivity index (χ3v) is 2.33. The summed E-state index contributed by atoms with van der Waals surface area (Å²) in [5.41, 5.74) is 8.62. The number of nitrogens with zero attached hydrogens (tertiary/aromatic N) is 2. The third kappa shape index (κ3) is 2.13. The van der Waals surface area contributed by atoms with Crippen molar-refractivity contribution in [3.05, 3.63) is 35.5 Å². The van der Waals surface area contributed by atoms with E-state index in [1.807, 2.05) is 25.1 Å². The summed E-state index contributed by atoms with van der Waals surface area (Å²) in [6, 6.07) is 5.85. The minimum atomic E-state index is 0.505. The summed E-state index contributed by atoms with van der Waals surface area (Å²) in [5.74, 6) is 1.19. The number of nitrogen functional groups attached to an aromatic ring is 1. The zero-order valence-corrected chi connectivity index (χ0v) is 9.32. The van der Waals surface area contributed by atoms with Crippen molar-refractivity contribution >= 4 is 11.4 Å². The van der Waals surface area contributed by atoms with Crippen molar-refractivity contribution in [1.29, 1.82) is 0 Å². The number of aryl methyl sites for hydroxylation is 2. The van der Waals surface area contributed by atoms with Crippen LogP contribution in [0.4, 0.5) is 11.4 Å². The monoisotopic (exact) mass is 218 g/mol. The summed E-state index contributed by atoms with van der Waals surface area (Å²) in [6.07, 6.45) is 0. The predicted molar refractivity (Wildman–Crippen MR) is 62.0 cm³/mol. The van der Waals surface area contributed by atoms with Gasteiger partial charge in [-0.15, -0.1) is 0 Å². The molecule has 0 aliphatic rings. The lowest BCUT2D eigenvalue weighted by molar-refractivity contribution is 0.388. The maximum absolute atomic E-state index is 5.93. The fourth-order valence-electron chi connectivity index (χ4n) is 1.42. The SMILES string of the molecule is Cc1nc(CNc2cccc(C)c2N)no1. The average molecular weight is 218 g/mol. The van der Waals surface area contributed by atoms with E-state index < -0.39 is 0 Å². The highest BCUT2D eigenvalue weighted by Crippen LogP contribution is 2.21. The largest absolute Gasteiger partial charge is 0.397 e. The molecule has 0 fully saturated rings. The van der Waals surface area contributed by atoms with E-state index in [-0.39, 0.29) is 0 Å². The molecule has 1 heterocycles. The number of aromatic nitrogens is 2. The summed E-state index contributed by atoms with van der Waals surface area (Å²) in [4.78, 5) is 4.10. The van der Waals surface area contributed by atoms with Crippen molar-refractivity contribution in [2.75, 3.05) is 11.1 Å². The minimum Gasteiger partial charge on any atom is -0.397 e. The molecule has 0 saturated carbocycles. The molecule has 0 saturated heterocycles. The Hall–Kier alpha value is -2.04. The van der Waals surface area contributed by atoms with Gasteiger partial charge in [0.15, 0.2) is 5.82 Å². The van der Waals surface area contributed by atoms with Crippen LogP contribution in [-0.4, -0.2) is 10.1 Å². The molecule has 0 unspecified atom stereocenters. The first-order chi connectivity index (χ1) is 7.66. The lowest BCUT2D eigenvalue weighted by Gasteiger charge is -2.08. The van der Waals surface area contributed by atoms with Crippen LogP contribution in [0.1, 0.15) is 17.3 Å². The van der Waals surface area contributed by atoms with E-state index in [0.717, 1.165) is 16.9 Å². The molecule has 2 rings (SSSR count). The van der Waals surface area contributed by atoms with E-state index in [9.17, 15) is 0 Å². The molecule has 0 spiro atoms. The maximum Gasteiger partial charge on any atom is 0.223 e. The van der Waals surface area contributed by atoms with Crippen molar-refractivity contribution in [3.63, 3.8) is 0 Å². The van der Waals surface area contributed by atoms with Gasteiger partial charge in [0.05, 0.1) is 17.9 Å². The number of para-hydroxylation sites is 1. The number of benzene rings is 1. The highest BCUT2D eigenvalue weighted by atomic mass is 16.5. The van der Waals surface area contributed by atoms with Gasteiger partial charge in [-0.05, 0) is 18.6 Å². The summed E-state index contributed by atoms with van der Waals surface area (Å²) < 4.78 is 4.87. The topological polar surface area (TPSA) is 77.0 Å². The molecule has 1 aromatic heterocycles. The first-order valence-corrected chi connectivity index (χ1v) is 5.05. The molecule has 0 radical (unpaired) electrons. The highest BCUT2D eigenvalue weighted by molar-refractivity contribution is 5.69. The lowest BCUT2D eigenvalue weighted by Crippen LogP contribution is -2.04. The Morgan fingerprint density at radius 3 is 2.88 bits per heavy atom. The Bertz CT molecular complexity index is 492. The zero-order valence-electron chi connectivity index (χ0n) is 9.32. The summed E-state index contributed by atoms with van der Waals surface area (Å²) in [5, 5.41) is 6.97. The fraction of sp³-hybridized carbons (Fsp3) is 0.273. The van der Waals surface area contributed by atoms with Crippen molar-refractivity contribution in [3.8, 4) is 0 Å². The number of nitrogens with one attached hydrogen (secondary N) is 1. The molecule has 0 bridgehead atoms. The van der Waals surface area contributed by atoms with Crippen LogP contribution in [0.3, 0.4) is 0 Å². The quantitative estimate of drug-likeness (QED) is 0.769. The van der Waals surface area contributed by atoms with Gasteiger partial charge in [0.2, 0.25) is 5.89 Å². The van der Waals surface area contributed by atoms with Gasteiger partial charge < -0.3 is 15.6 Å². The summed E-state index contributed by atoms with van der Waals surface area (Å²) >= 11 is 0. The third-order valence-electron chi connectivity index (χ3n) is 2.33. The summed E-state index contributed by atoms with van der Waals surface area (Å²) in [7, 11) is 0. The molecule has 5 heteroatoms. The van der Waals surface area contributed by atoms with Gasteiger partial charge >= 0.3 is 0 Å². The van der Waals surface area contributed by atoms with Crippen molar-refractivity contribution in [1.82, 2.24) is 10.1 Å². The van der Waals surface area contributed by atoms with Gasteiger partial charge in [-0.25, -0.2) is 0 Å². The van der Waals surface area contributed by atoms with Gasteiger partial charge in [0.1, 0.15) is 0 Å². The van der Waals surface area contributed by atoms with Crippen molar-refractivity contribution in [2.24, 2.45) is 0 Å². The Morgan fingerprint density at radius 2 is 2.19 bits per heavy atom. The highest BCUT2D eigenvalue weighted by Gasteiger charge is 2.04. The van der Waals surface area contributed by atoms with E-state index in [0.29, 0.717) is 18.3 Å². The zero-order chi connectivity index (χ0) is 11.5. The number of nitrogens with two attached hydrogens (primary N) is 1. The van der Waals surface area contributed by atoms with E-state index in [4.69, 9.17) is 10.3 Å². The molecule has 5 nitrogen and oxygen atoms in total. The van der Waals surface area contributed by atoms with Crippen LogP contribution in [0, 0.1) is 13.8 Å². The van der Waals surface area contributed by atoms with E-state index in [2.05, 4.69) is 15.5 Å². The average Bonchev–Trinajstić information content (AvgIpc) is 2.67. The molecule has 84 valence electrons. The van der Waals surface area contributed by atoms with E-state index >= 15 is 0 Å². The van der Waals surface area contributed by atoms with Crippen LogP contribution in [0.2, 0.25) is 0 Å². The lowest BCUT2D eigenvalue weighted by atomic mass is 10.2. The number of anilines is 2. The molecule has 0 aliphatic heterocycles. The molecule has 1 aromatic carbocycles. The van der Waals surface area contributed by atoms with Gasteiger partial charge in [-0.1, -0.05) is 17.3 Å². The molecule has 3 N–H and O–H groups in total. The minimum absolute atomic E-state index is 0.505. The Balaban J connectivity index is 2.07. The van der Waals surface area contributed by atoms with Crippen LogP contribution in [-0.2, 0) is 6.54 Å². The van der Waals surface area contributed by atoms with Crippen LogP contribution in [0.15, 0.2) is 22.7 Å². The van der Waals surface area contributed by atoms with Gasteiger partial charge in [0, 0.05) is 6.92 Å². The molecular formula is C11H14N4O. The normalized spacial score (nSPS) is 10.4.